The van der Waals surface area contributed by atoms with E-state index < -0.39 is 0 Å². The molecule has 0 spiro atoms. The molecular weight excluding hydrogens is 302 g/mol. The molecule has 0 saturated carbocycles. The first kappa shape index (κ1) is 12.2. The molecule has 4 nitrogen and oxygen atoms in total. The molecule has 1 N–H and O–H groups in total. The first-order valence-electron chi connectivity index (χ1n) is 4.92. The Morgan fingerprint density at radius 3 is 2.47 bits per heavy atom. The van der Waals surface area contributed by atoms with E-state index in [1.54, 1.807) is 11.4 Å². The standard InChI is InChI=1S/C11H10BrN3OS/c1-6-3-7(2)14-11(13-6)15-10(16)8-4-9(12)17-5-8/h3-5H,1-2H3,(H,13,14,15,16). The Balaban J connectivity index is 2.18. The van der Waals surface area contributed by atoms with Crippen molar-refractivity contribution >= 4 is 39.1 Å². The SMILES string of the molecule is Cc1cc(C)nc(NC(=O)c2csc(Br)c2)n1. The van der Waals surface area contributed by atoms with Crippen molar-refractivity contribution < 1.29 is 4.79 Å². The van der Waals surface area contributed by atoms with Crippen molar-refractivity contribution in [3.8, 4) is 0 Å². The highest BCUT2D eigenvalue weighted by atomic mass is 79.9. The number of aromatic nitrogens is 2. The van der Waals surface area contributed by atoms with E-state index in [-0.39, 0.29) is 5.91 Å². The van der Waals surface area contributed by atoms with E-state index in [1.807, 2.05) is 19.9 Å². The number of hydrogen-bond donors (Lipinski definition) is 1. The highest BCUT2D eigenvalue weighted by molar-refractivity contribution is 9.11. The van der Waals surface area contributed by atoms with Crippen LogP contribution in [0.15, 0.2) is 21.3 Å². The molecule has 0 saturated heterocycles. The summed E-state index contributed by atoms with van der Waals surface area (Å²) < 4.78 is 0.920. The lowest BCUT2D eigenvalue weighted by Crippen LogP contribution is -2.14. The van der Waals surface area contributed by atoms with Crippen LogP contribution >= 0.6 is 27.3 Å². The number of thiophene rings is 1. The smallest absolute Gasteiger partial charge is 0.258 e. The van der Waals surface area contributed by atoms with Gasteiger partial charge in [-0.15, -0.1) is 11.3 Å². The third-order valence-electron chi connectivity index (χ3n) is 2.04. The predicted octanol–water partition coefficient (Wildman–Crippen LogP) is 3.17. The van der Waals surface area contributed by atoms with Crippen molar-refractivity contribution in [2.24, 2.45) is 0 Å². The number of rotatable bonds is 2. The van der Waals surface area contributed by atoms with Crippen LogP contribution in [0.1, 0.15) is 21.7 Å². The van der Waals surface area contributed by atoms with Crippen LogP contribution in [0, 0.1) is 13.8 Å². The fourth-order valence-electron chi connectivity index (χ4n) is 1.38. The topological polar surface area (TPSA) is 54.9 Å². The summed E-state index contributed by atoms with van der Waals surface area (Å²) in [6.07, 6.45) is 0. The van der Waals surface area contributed by atoms with E-state index in [0.717, 1.165) is 15.2 Å². The number of hydrogen-bond acceptors (Lipinski definition) is 4. The van der Waals surface area contributed by atoms with Gasteiger partial charge in [-0.25, -0.2) is 9.97 Å². The number of nitrogens with zero attached hydrogens (tertiary/aromatic N) is 2. The third-order valence-corrected chi connectivity index (χ3v) is 3.54. The average Bonchev–Trinajstić information content (AvgIpc) is 2.63. The molecule has 0 aromatic carbocycles. The lowest BCUT2D eigenvalue weighted by Gasteiger charge is -2.04. The minimum absolute atomic E-state index is 0.197. The van der Waals surface area contributed by atoms with Gasteiger partial charge in [0, 0.05) is 16.8 Å². The Kier molecular flexibility index (Phi) is 3.54. The number of carbonyl (C=O) groups excluding carboxylic acids is 1. The van der Waals surface area contributed by atoms with Gasteiger partial charge in [-0.3, -0.25) is 10.1 Å². The molecule has 0 bridgehead atoms. The maximum atomic E-state index is 11.8. The number of aryl methyl sites for hydroxylation is 2. The molecule has 6 heteroatoms. The monoisotopic (exact) mass is 311 g/mol. The molecule has 0 aliphatic heterocycles. The van der Waals surface area contributed by atoms with Crippen LogP contribution in [0.5, 0.6) is 0 Å². The zero-order chi connectivity index (χ0) is 12.4. The lowest BCUT2D eigenvalue weighted by molar-refractivity contribution is 0.102. The fourth-order valence-corrected chi connectivity index (χ4v) is 2.52. The summed E-state index contributed by atoms with van der Waals surface area (Å²) in [5, 5.41) is 4.46. The third kappa shape index (κ3) is 3.10. The molecule has 0 fully saturated rings. The predicted molar refractivity (Wildman–Crippen MR) is 71.5 cm³/mol. The number of halogens is 1. The largest absolute Gasteiger partial charge is 0.290 e. The molecule has 2 aromatic heterocycles. The average molecular weight is 312 g/mol. The number of nitrogens with one attached hydrogen (secondary N) is 1. The van der Waals surface area contributed by atoms with Crippen LogP contribution in [0.25, 0.3) is 0 Å². The van der Waals surface area contributed by atoms with Crippen LogP contribution in [-0.2, 0) is 0 Å². The zero-order valence-corrected chi connectivity index (χ0v) is 11.7. The Morgan fingerprint density at radius 1 is 1.29 bits per heavy atom. The van der Waals surface area contributed by atoms with Gasteiger partial charge in [0.2, 0.25) is 5.95 Å². The number of anilines is 1. The van der Waals surface area contributed by atoms with Crippen molar-refractivity contribution in [2.75, 3.05) is 5.32 Å². The van der Waals surface area contributed by atoms with Gasteiger partial charge in [0.15, 0.2) is 0 Å². The molecule has 0 unspecified atom stereocenters. The van der Waals surface area contributed by atoms with Crippen molar-refractivity contribution in [2.45, 2.75) is 13.8 Å². The van der Waals surface area contributed by atoms with Gasteiger partial charge in [0.25, 0.3) is 5.91 Å². The Labute approximate surface area is 111 Å². The van der Waals surface area contributed by atoms with E-state index in [0.29, 0.717) is 11.5 Å². The molecule has 2 aromatic rings. The van der Waals surface area contributed by atoms with Crippen molar-refractivity contribution in [1.29, 1.82) is 0 Å². The zero-order valence-electron chi connectivity index (χ0n) is 9.32. The summed E-state index contributed by atoms with van der Waals surface area (Å²) in [5.41, 5.74) is 2.27. The van der Waals surface area contributed by atoms with Gasteiger partial charge >= 0.3 is 0 Å². The highest BCUT2D eigenvalue weighted by Crippen LogP contribution is 2.21. The van der Waals surface area contributed by atoms with Crippen LogP contribution in [-0.4, -0.2) is 15.9 Å². The van der Waals surface area contributed by atoms with Gasteiger partial charge in [-0.05, 0) is 41.9 Å². The molecule has 2 heterocycles. The van der Waals surface area contributed by atoms with E-state index in [2.05, 4.69) is 31.2 Å². The second-order valence-electron chi connectivity index (χ2n) is 3.57. The quantitative estimate of drug-likeness (QED) is 0.926. The van der Waals surface area contributed by atoms with Gasteiger partial charge in [-0.2, -0.15) is 0 Å². The molecule has 0 aliphatic rings. The second kappa shape index (κ2) is 4.93. The van der Waals surface area contributed by atoms with E-state index in [1.165, 1.54) is 11.3 Å². The maximum absolute atomic E-state index is 11.8. The first-order valence-corrected chi connectivity index (χ1v) is 6.59. The highest BCUT2D eigenvalue weighted by Gasteiger charge is 2.10. The second-order valence-corrected chi connectivity index (χ2v) is 5.86. The first-order chi connectivity index (χ1) is 8.04. The molecular formula is C11H10BrN3OS. The number of amides is 1. The Bertz CT molecular complexity index is 547. The van der Waals surface area contributed by atoms with Crippen molar-refractivity contribution in [3.05, 3.63) is 38.3 Å². The normalized spacial score (nSPS) is 10.3. The van der Waals surface area contributed by atoms with E-state index in [9.17, 15) is 4.79 Å². The molecule has 0 aliphatic carbocycles. The van der Waals surface area contributed by atoms with Crippen LogP contribution in [0.2, 0.25) is 0 Å². The van der Waals surface area contributed by atoms with Crippen LogP contribution in [0.3, 0.4) is 0 Å². The summed E-state index contributed by atoms with van der Waals surface area (Å²) in [6.45, 7) is 3.73. The maximum Gasteiger partial charge on any atom is 0.258 e. The van der Waals surface area contributed by atoms with Crippen molar-refractivity contribution in [3.63, 3.8) is 0 Å². The van der Waals surface area contributed by atoms with Crippen LogP contribution < -0.4 is 5.32 Å². The molecule has 2 rings (SSSR count). The molecule has 17 heavy (non-hydrogen) atoms. The summed E-state index contributed by atoms with van der Waals surface area (Å²) in [4.78, 5) is 20.2. The Morgan fingerprint density at radius 2 is 1.94 bits per heavy atom. The number of carbonyl (C=O) groups is 1. The van der Waals surface area contributed by atoms with Crippen molar-refractivity contribution in [1.82, 2.24) is 9.97 Å². The summed E-state index contributed by atoms with van der Waals surface area (Å²) in [7, 11) is 0. The van der Waals surface area contributed by atoms with Gasteiger partial charge < -0.3 is 0 Å². The summed E-state index contributed by atoms with van der Waals surface area (Å²) in [5.74, 6) is 0.145. The van der Waals surface area contributed by atoms with Gasteiger partial charge in [-0.1, -0.05) is 0 Å². The molecule has 0 atom stereocenters. The van der Waals surface area contributed by atoms with Gasteiger partial charge in [0.05, 0.1) is 9.35 Å². The minimum Gasteiger partial charge on any atom is -0.290 e. The van der Waals surface area contributed by atoms with Crippen LogP contribution in [0.4, 0.5) is 5.95 Å². The van der Waals surface area contributed by atoms with E-state index in [4.69, 9.17) is 0 Å². The Hall–Kier alpha value is -1.27. The van der Waals surface area contributed by atoms with Gasteiger partial charge in [0.1, 0.15) is 0 Å². The minimum atomic E-state index is -0.197. The molecule has 0 radical (unpaired) electrons. The summed E-state index contributed by atoms with van der Waals surface area (Å²) in [6, 6.07) is 3.62. The molecule has 1 amide bonds. The van der Waals surface area contributed by atoms with E-state index >= 15 is 0 Å². The lowest BCUT2D eigenvalue weighted by atomic mass is 10.3. The molecule has 88 valence electrons. The summed E-state index contributed by atoms with van der Waals surface area (Å²) >= 11 is 4.78. The fraction of sp³-hybridized carbons (Fsp3) is 0.182.